The van der Waals surface area contributed by atoms with E-state index in [1.54, 1.807) is 31.5 Å². The van der Waals surface area contributed by atoms with Gasteiger partial charge in [0.2, 0.25) is 5.91 Å². The molecule has 0 fully saturated rings. The molecule has 0 unspecified atom stereocenters. The lowest BCUT2D eigenvalue weighted by Gasteiger charge is -2.22. The van der Waals surface area contributed by atoms with Crippen LogP contribution in [0, 0.1) is 5.41 Å². The smallest absolute Gasteiger partial charge is 0.328 e. The van der Waals surface area contributed by atoms with E-state index in [1.807, 2.05) is 0 Å². The molecule has 7 heteroatoms. The van der Waals surface area contributed by atoms with Crippen molar-refractivity contribution in [3.05, 3.63) is 24.5 Å². The number of urea groups is 1. The molecular formula is C14H19N3O4. The fraction of sp³-hybridized carbons (Fsp3) is 0.429. The molecule has 0 radical (unpaired) electrons. The molecule has 0 aliphatic heterocycles. The standard InChI is InChI=1S/C14H19N3O4/c1-4-17(10-5-7-15-8-6-10)13(21)16-11(18)9-14(2,3)12(19)20/h5-8H,4,9H2,1-3H3,(H,19,20)(H,16,18,21). The van der Waals surface area contributed by atoms with Crippen LogP contribution < -0.4 is 10.2 Å². The second kappa shape index (κ2) is 6.83. The Labute approximate surface area is 123 Å². The van der Waals surface area contributed by atoms with Crippen molar-refractivity contribution in [2.45, 2.75) is 27.2 Å². The molecule has 0 saturated carbocycles. The number of carbonyl (C=O) groups excluding carboxylic acids is 2. The first-order chi connectivity index (χ1) is 9.77. The zero-order valence-electron chi connectivity index (χ0n) is 12.3. The van der Waals surface area contributed by atoms with Crippen molar-refractivity contribution in [2.75, 3.05) is 11.4 Å². The van der Waals surface area contributed by atoms with Gasteiger partial charge >= 0.3 is 12.0 Å². The summed E-state index contributed by atoms with van der Waals surface area (Å²) in [4.78, 5) is 40.1. The van der Waals surface area contributed by atoms with Gasteiger partial charge in [-0.25, -0.2) is 4.79 Å². The minimum Gasteiger partial charge on any atom is -0.481 e. The fourth-order valence-corrected chi connectivity index (χ4v) is 1.68. The lowest BCUT2D eigenvalue weighted by atomic mass is 9.89. The largest absolute Gasteiger partial charge is 0.481 e. The molecule has 0 aliphatic rings. The van der Waals surface area contributed by atoms with E-state index in [0.717, 1.165) is 0 Å². The number of imide groups is 1. The van der Waals surface area contributed by atoms with Gasteiger partial charge in [0, 0.05) is 31.0 Å². The average Bonchev–Trinajstić information content (AvgIpc) is 2.39. The first kappa shape index (κ1) is 16.6. The summed E-state index contributed by atoms with van der Waals surface area (Å²) in [6, 6.07) is 2.71. The van der Waals surface area contributed by atoms with Crippen LogP contribution in [-0.2, 0) is 9.59 Å². The van der Waals surface area contributed by atoms with Gasteiger partial charge in [0.1, 0.15) is 0 Å². The molecule has 0 spiro atoms. The lowest BCUT2D eigenvalue weighted by molar-refractivity contribution is -0.149. The van der Waals surface area contributed by atoms with Crippen molar-refractivity contribution in [3.8, 4) is 0 Å². The highest BCUT2D eigenvalue weighted by molar-refractivity contribution is 6.03. The van der Waals surface area contributed by atoms with Crippen molar-refractivity contribution < 1.29 is 19.5 Å². The predicted molar refractivity (Wildman–Crippen MR) is 76.8 cm³/mol. The number of carboxylic acids is 1. The fourth-order valence-electron chi connectivity index (χ4n) is 1.68. The molecular weight excluding hydrogens is 274 g/mol. The summed E-state index contributed by atoms with van der Waals surface area (Å²) < 4.78 is 0. The van der Waals surface area contributed by atoms with Gasteiger partial charge in [-0.1, -0.05) is 0 Å². The highest BCUT2D eigenvalue weighted by atomic mass is 16.4. The van der Waals surface area contributed by atoms with Crippen molar-refractivity contribution in [3.63, 3.8) is 0 Å². The van der Waals surface area contributed by atoms with Crippen LogP contribution in [0.2, 0.25) is 0 Å². The van der Waals surface area contributed by atoms with Crippen molar-refractivity contribution in [1.82, 2.24) is 10.3 Å². The van der Waals surface area contributed by atoms with E-state index in [1.165, 1.54) is 18.7 Å². The van der Waals surface area contributed by atoms with Crippen LogP contribution in [0.5, 0.6) is 0 Å². The SMILES string of the molecule is CCN(C(=O)NC(=O)CC(C)(C)C(=O)O)c1ccncc1. The first-order valence-corrected chi connectivity index (χ1v) is 6.52. The molecule has 1 rings (SSSR count). The highest BCUT2D eigenvalue weighted by Crippen LogP contribution is 2.20. The van der Waals surface area contributed by atoms with Gasteiger partial charge in [0.05, 0.1) is 5.41 Å². The van der Waals surface area contributed by atoms with E-state index < -0.39 is 23.3 Å². The third-order valence-electron chi connectivity index (χ3n) is 2.96. The normalized spacial score (nSPS) is 10.8. The average molecular weight is 293 g/mol. The highest BCUT2D eigenvalue weighted by Gasteiger charge is 2.31. The monoisotopic (exact) mass is 293 g/mol. The number of rotatable bonds is 5. The number of carboxylic acid groups (broad SMARTS) is 1. The van der Waals surface area contributed by atoms with E-state index >= 15 is 0 Å². The molecule has 21 heavy (non-hydrogen) atoms. The van der Waals surface area contributed by atoms with Crippen LogP contribution in [-0.4, -0.2) is 34.5 Å². The maximum absolute atomic E-state index is 12.1. The predicted octanol–water partition coefficient (Wildman–Crippen LogP) is 1.64. The van der Waals surface area contributed by atoms with Crippen molar-refractivity contribution in [1.29, 1.82) is 0 Å². The number of aromatic nitrogens is 1. The Morgan fingerprint density at radius 2 is 1.86 bits per heavy atom. The minimum atomic E-state index is -1.22. The Hall–Kier alpha value is -2.44. The van der Waals surface area contributed by atoms with Gasteiger partial charge in [-0.2, -0.15) is 0 Å². The van der Waals surface area contributed by atoms with Crippen LogP contribution >= 0.6 is 0 Å². The van der Waals surface area contributed by atoms with Crippen LogP contribution in [0.3, 0.4) is 0 Å². The number of anilines is 1. The molecule has 3 amide bonds. The number of carbonyl (C=O) groups is 3. The topological polar surface area (TPSA) is 99.6 Å². The Bertz CT molecular complexity index is 528. The van der Waals surface area contributed by atoms with Gasteiger partial charge in [-0.15, -0.1) is 0 Å². The van der Waals surface area contributed by atoms with E-state index in [2.05, 4.69) is 10.3 Å². The molecule has 7 nitrogen and oxygen atoms in total. The maximum atomic E-state index is 12.1. The van der Waals surface area contributed by atoms with E-state index in [4.69, 9.17) is 5.11 Å². The summed E-state index contributed by atoms with van der Waals surface area (Å²) in [5, 5.41) is 11.2. The Morgan fingerprint density at radius 1 is 1.29 bits per heavy atom. The number of amides is 3. The second-order valence-electron chi connectivity index (χ2n) is 5.17. The van der Waals surface area contributed by atoms with Gasteiger partial charge in [0.15, 0.2) is 0 Å². The Kier molecular flexibility index (Phi) is 5.40. The number of hydrogen-bond acceptors (Lipinski definition) is 4. The van der Waals surface area contributed by atoms with E-state index in [9.17, 15) is 14.4 Å². The Balaban J connectivity index is 2.71. The summed E-state index contributed by atoms with van der Waals surface area (Å²) in [5.74, 6) is -1.72. The molecule has 2 N–H and O–H groups in total. The molecule has 1 aromatic heterocycles. The quantitative estimate of drug-likeness (QED) is 0.859. The van der Waals surface area contributed by atoms with Gasteiger partial charge in [-0.05, 0) is 32.9 Å². The van der Waals surface area contributed by atoms with E-state index in [-0.39, 0.29) is 6.42 Å². The number of hydrogen-bond donors (Lipinski definition) is 2. The summed E-state index contributed by atoms with van der Waals surface area (Å²) in [7, 11) is 0. The zero-order chi connectivity index (χ0) is 16.0. The number of nitrogens with zero attached hydrogens (tertiary/aromatic N) is 2. The number of nitrogens with one attached hydrogen (secondary N) is 1. The van der Waals surface area contributed by atoms with Gasteiger partial charge in [0.25, 0.3) is 0 Å². The summed E-state index contributed by atoms with van der Waals surface area (Å²) in [5.41, 5.74) is -0.617. The van der Waals surface area contributed by atoms with Crippen molar-refractivity contribution in [2.24, 2.45) is 5.41 Å². The molecule has 0 saturated heterocycles. The zero-order valence-corrected chi connectivity index (χ0v) is 12.3. The van der Waals surface area contributed by atoms with Crippen molar-refractivity contribution >= 4 is 23.6 Å². The summed E-state index contributed by atoms with van der Waals surface area (Å²) in [6.45, 7) is 5.00. The molecule has 1 aromatic rings. The third-order valence-corrected chi connectivity index (χ3v) is 2.96. The maximum Gasteiger partial charge on any atom is 0.328 e. The molecule has 114 valence electrons. The van der Waals surface area contributed by atoms with Crippen LogP contribution in [0.1, 0.15) is 27.2 Å². The molecule has 0 atom stereocenters. The minimum absolute atomic E-state index is 0.276. The lowest BCUT2D eigenvalue weighted by Crippen LogP contribution is -2.44. The molecule has 0 aliphatic carbocycles. The molecule has 0 bridgehead atoms. The van der Waals surface area contributed by atoms with Gasteiger partial charge in [-0.3, -0.25) is 24.8 Å². The molecule has 0 aromatic carbocycles. The summed E-state index contributed by atoms with van der Waals surface area (Å²) in [6.07, 6.45) is 2.81. The number of pyridine rings is 1. The van der Waals surface area contributed by atoms with E-state index in [0.29, 0.717) is 12.2 Å². The number of aliphatic carboxylic acids is 1. The van der Waals surface area contributed by atoms with Crippen LogP contribution in [0.25, 0.3) is 0 Å². The third kappa shape index (κ3) is 4.55. The molecule has 1 heterocycles. The first-order valence-electron chi connectivity index (χ1n) is 6.52. The summed E-state index contributed by atoms with van der Waals surface area (Å²) >= 11 is 0. The second-order valence-corrected chi connectivity index (χ2v) is 5.17. The van der Waals surface area contributed by atoms with Crippen LogP contribution in [0.15, 0.2) is 24.5 Å². The van der Waals surface area contributed by atoms with Crippen LogP contribution in [0.4, 0.5) is 10.5 Å². The Morgan fingerprint density at radius 3 is 2.33 bits per heavy atom. The van der Waals surface area contributed by atoms with Gasteiger partial charge < -0.3 is 5.11 Å².